The van der Waals surface area contributed by atoms with Crippen LogP contribution < -0.4 is 5.32 Å². The number of benzene rings is 1. The molecule has 0 aliphatic carbocycles. The molecule has 0 saturated carbocycles. The summed E-state index contributed by atoms with van der Waals surface area (Å²) < 4.78 is 10.1. The third-order valence-corrected chi connectivity index (χ3v) is 3.51. The molecule has 0 aliphatic heterocycles. The number of carbonyl (C=O) groups excluding carboxylic acids is 3. The van der Waals surface area contributed by atoms with E-state index in [1.165, 1.54) is 0 Å². The molecule has 1 aromatic carbocycles. The molecular weight excluding hydrogens is 334 g/mol. The van der Waals surface area contributed by atoms with Crippen LogP contribution in [0.1, 0.15) is 52.5 Å². The predicted octanol–water partition coefficient (Wildman–Crippen LogP) is 3.42. The Labute approximate surface area is 155 Å². The van der Waals surface area contributed by atoms with E-state index in [-0.39, 0.29) is 25.2 Å². The van der Waals surface area contributed by atoms with Crippen LogP contribution in [0.4, 0.5) is 4.79 Å². The monoisotopic (exact) mass is 363 g/mol. The van der Waals surface area contributed by atoms with Crippen LogP contribution in [0, 0.1) is 0 Å². The van der Waals surface area contributed by atoms with Gasteiger partial charge in [0, 0.05) is 12.8 Å². The largest absolute Gasteiger partial charge is 0.464 e. The fourth-order valence-corrected chi connectivity index (χ4v) is 2.30. The van der Waals surface area contributed by atoms with E-state index in [9.17, 15) is 14.4 Å². The molecule has 0 saturated heterocycles. The first-order chi connectivity index (χ1) is 12.2. The van der Waals surface area contributed by atoms with Crippen LogP contribution >= 0.6 is 0 Å². The van der Waals surface area contributed by atoms with E-state index in [4.69, 9.17) is 9.47 Å². The number of ether oxygens (including phenoxy) is 2. The Morgan fingerprint density at radius 2 is 1.73 bits per heavy atom. The zero-order valence-corrected chi connectivity index (χ0v) is 16.0. The third-order valence-electron chi connectivity index (χ3n) is 3.51. The predicted molar refractivity (Wildman–Crippen MR) is 98.8 cm³/mol. The van der Waals surface area contributed by atoms with Gasteiger partial charge < -0.3 is 14.8 Å². The normalized spacial score (nSPS) is 12.2. The van der Waals surface area contributed by atoms with Crippen molar-refractivity contribution in [3.05, 3.63) is 35.9 Å². The summed E-state index contributed by atoms with van der Waals surface area (Å²) in [5.41, 5.74) is 0.420. The van der Waals surface area contributed by atoms with Gasteiger partial charge in [-0.1, -0.05) is 30.3 Å². The van der Waals surface area contributed by atoms with Crippen molar-refractivity contribution in [2.45, 2.75) is 65.0 Å². The minimum absolute atomic E-state index is 0.0362. The van der Waals surface area contributed by atoms with E-state index in [0.29, 0.717) is 12.8 Å². The van der Waals surface area contributed by atoms with Gasteiger partial charge >= 0.3 is 12.1 Å². The SMILES string of the molecule is CCOC(=O)[C@H](CCC(=O)CCc1ccccc1)NC(=O)OC(C)(C)C. The lowest BCUT2D eigenvalue weighted by Gasteiger charge is -2.22. The van der Waals surface area contributed by atoms with Crippen molar-refractivity contribution in [2.24, 2.45) is 0 Å². The molecule has 1 rings (SSSR count). The molecule has 1 atom stereocenters. The van der Waals surface area contributed by atoms with Crippen LogP contribution in [0.25, 0.3) is 0 Å². The van der Waals surface area contributed by atoms with Crippen LogP contribution in [0.15, 0.2) is 30.3 Å². The molecule has 0 fully saturated rings. The summed E-state index contributed by atoms with van der Waals surface area (Å²) in [6, 6.07) is 8.84. The van der Waals surface area contributed by atoms with Gasteiger partial charge in [0.05, 0.1) is 6.61 Å². The number of esters is 1. The lowest BCUT2D eigenvalue weighted by Crippen LogP contribution is -2.44. The van der Waals surface area contributed by atoms with Crippen molar-refractivity contribution in [3.8, 4) is 0 Å². The third kappa shape index (κ3) is 9.20. The first-order valence-electron chi connectivity index (χ1n) is 8.93. The lowest BCUT2D eigenvalue weighted by atomic mass is 10.0. The Balaban J connectivity index is 2.52. The van der Waals surface area contributed by atoms with Gasteiger partial charge in [0.2, 0.25) is 0 Å². The van der Waals surface area contributed by atoms with Crippen molar-refractivity contribution < 1.29 is 23.9 Å². The smallest absolute Gasteiger partial charge is 0.408 e. The summed E-state index contributed by atoms with van der Waals surface area (Å²) in [6.45, 7) is 7.10. The topological polar surface area (TPSA) is 81.7 Å². The molecular formula is C20H29NO5. The Hall–Kier alpha value is -2.37. The van der Waals surface area contributed by atoms with E-state index in [1.54, 1.807) is 27.7 Å². The van der Waals surface area contributed by atoms with Gasteiger partial charge in [0.15, 0.2) is 0 Å². The summed E-state index contributed by atoms with van der Waals surface area (Å²) >= 11 is 0. The van der Waals surface area contributed by atoms with Crippen LogP contribution in [0.2, 0.25) is 0 Å². The average Bonchev–Trinajstić information content (AvgIpc) is 2.56. The number of hydrogen-bond donors (Lipinski definition) is 1. The van der Waals surface area contributed by atoms with Crippen molar-refractivity contribution in [2.75, 3.05) is 6.61 Å². The van der Waals surface area contributed by atoms with Gasteiger partial charge in [-0.3, -0.25) is 4.79 Å². The zero-order valence-electron chi connectivity index (χ0n) is 16.0. The van der Waals surface area contributed by atoms with Crippen LogP contribution in [-0.2, 0) is 25.5 Å². The second kappa shape index (κ2) is 10.6. The van der Waals surface area contributed by atoms with Gasteiger partial charge in [0.1, 0.15) is 17.4 Å². The van der Waals surface area contributed by atoms with Crippen molar-refractivity contribution in [1.82, 2.24) is 5.32 Å². The van der Waals surface area contributed by atoms with Crippen LogP contribution in [0.5, 0.6) is 0 Å². The highest BCUT2D eigenvalue weighted by molar-refractivity contribution is 5.83. The number of hydrogen-bond acceptors (Lipinski definition) is 5. The van der Waals surface area contributed by atoms with Gasteiger partial charge in [0.25, 0.3) is 0 Å². The number of aryl methyl sites for hydroxylation is 1. The Morgan fingerprint density at radius 3 is 2.31 bits per heavy atom. The minimum atomic E-state index is -0.898. The number of amides is 1. The maximum Gasteiger partial charge on any atom is 0.408 e. The second-order valence-electron chi connectivity index (χ2n) is 7.01. The summed E-state index contributed by atoms with van der Waals surface area (Å²) in [5, 5.41) is 2.50. The van der Waals surface area contributed by atoms with Gasteiger partial charge in [-0.2, -0.15) is 0 Å². The highest BCUT2D eigenvalue weighted by Crippen LogP contribution is 2.10. The zero-order chi connectivity index (χ0) is 19.6. The molecule has 0 radical (unpaired) electrons. The molecule has 1 amide bonds. The molecule has 1 N–H and O–H groups in total. The average molecular weight is 363 g/mol. The molecule has 0 bridgehead atoms. The Morgan fingerprint density at radius 1 is 1.08 bits per heavy atom. The van der Waals surface area contributed by atoms with Crippen molar-refractivity contribution in [3.63, 3.8) is 0 Å². The number of nitrogens with one attached hydrogen (secondary N) is 1. The molecule has 1 aromatic rings. The fraction of sp³-hybridized carbons (Fsp3) is 0.550. The highest BCUT2D eigenvalue weighted by atomic mass is 16.6. The Kier molecular flexibility index (Phi) is 8.82. The quantitative estimate of drug-likeness (QED) is 0.680. The van der Waals surface area contributed by atoms with Gasteiger partial charge in [-0.25, -0.2) is 9.59 Å². The van der Waals surface area contributed by atoms with E-state index >= 15 is 0 Å². The second-order valence-corrected chi connectivity index (χ2v) is 7.01. The number of carbonyl (C=O) groups is 3. The number of ketones is 1. The standard InChI is InChI=1S/C20H29NO5/c1-5-25-18(23)17(21-19(24)26-20(2,3)4)14-13-16(22)12-11-15-9-7-6-8-10-15/h6-10,17H,5,11-14H2,1-4H3,(H,21,24)/t17-/m0/s1. The van der Waals surface area contributed by atoms with E-state index in [0.717, 1.165) is 5.56 Å². The first kappa shape index (κ1) is 21.7. The van der Waals surface area contributed by atoms with Crippen molar-refractivity contribution in [1.29, 1.82) is 0 Å². The maximum atomic E-state index is 12.1. The molecule has 0 aliphatic rings. The summed E-state index contributed by atoms with van der Waals surface area (Å²) in [4.78, 5) is 36.1. The molecule has 6 heteroatoms. The molecule has 144 valence electrons. The lowest BCUT2D eigenvalue weighted by molar-refractivity contribution is -0.145. The van der Waals surface area contributed by atoms with Crippen LogP contribution in [0.3, 0.4) is 0 Å². The maximum absolute atomic E-state index is 12.1. The highest BCUT2D eigenvalue weighted by Gasteiger charge is 2.25. The van der Waals surface area contributed by atoms with E-state index in [1.807, 2.05) is 30.3 Å². The summed E-state index contributed by atoms with van der Waals surface area (Å²) in [7, 11) is 0. The number of alkyl carbamates (subject to hydrolysis) is 1. The summed E-state index contributed by atoms with van der Waals surface area (Å²) in [5.74, 6) is -0.525. The fourth-order valence-electron chi connectivity index (χ4n) is 2.30. The summed E-state index contributed by atoms with van der Waals surface area (Å²) in [6.07, 6.45) is 0.722. The molecule has 26 heavy (non-hydrogen) atoms. The van der Waals surface area contributed by atoms with Crippen molar-refractivity contribution >= 4 is 17.8 Å². The Bertz CT molecular complexity index is 592. The first-order valence-corrected chi connectivity index (χ1v) is 8.93. The van der Waals surface area contributed by atoms with Crippen LogP contribution in [-0.4, -0.2) is 36.1 Å². The molecule has 0 unspecified atom stereocenters. The van der Waals surface area contributed by atoms with E-state index < -0.39 is 23.7 Å². The molecule has 6 nitrogen and oxygen atoms in total. The molecule has 0 aromatic heterocycles. The number of rotatable bonds is 9. The van der Waals surface area contributed by atoms with E-state index in [2.05, 4.69) is 5.32 Å². The minimum Gasteiger partial charge on any atom is -0.464 e. The number of Topliss-reactive ketones (excluding diaryl/α,β-unsaturated/α-hetero) is 1. The molecule has 0 heterocycles. The van der Waals surface area contributed by atoms with Gasteiger partial charge in [-0.05, 0) is 46.1 Å². The molecule has 0 spiro atoms. The van der Waals surface area contributed by atoms with Gasteiger partial charge in [-0.15, -0.1) is 0 Å².